The molecule has 0 fully saturated rings. The molecule has 0 bridgehead atoms. The molecule has 0 unspecified atom stereocenters. The maximum absolute atomic E-state index is 12.0. The van der Waals surface area contributed by atoms with Crippen LogP contribution in [0.1, 0.15) is 6.92 Å². The number of rotatable bonds is 3. The second-order valence-corrected chi connectivity index (χ2v) is 6.18. The van der Waals surface area contributed by atoms with E-state index in [0.717, 1.165) is 0 Å². The van der Waals surface area contributed by atoms with Gasteiger partial charge in [-0.25, -0.2) is 18.0 Å². The highest BCUT2D eigenvalue weighted by atomic mass is 35.5. The lowest BCUT2D eigenvalue weighted by molar-refractivity contribution is 0.594. The van der Waals surface area contributed by atoms with Crippen molar-refractivity contribution in [2.75, 3.05) is 10.6 Å². The number of benzene rings is 1. The number of H-pyrrole nitrogens is 1. The molecule has 2 rings (SSSR count). The number of aromatic amines is 1. The average molecular weight is 304 g/mol. The number of hydrogen-bond acceptors (Lipinski definition) is 4. The summed E-state index contributed by atoms with van der Waals surface area (Å²) < 4.78 is 23.3. The van der Waals surface area contributed by atoms with Gasteiger partial charge in [0.05, 0.1) is 16.7 Å². The molecule has 2 aromatic rings. The minimum Gasteiger partial charge on any atom is -0.305 e. The summed E-state index contributed by atoms with van der Waals surface area (Å²) in [6.07, 6.45) is 0. The highest BCUT2D eigenvalue weighted by Gasteiger charge is 2.13. The van der Waals surface area contributed by atoms with Gasteiger partial charge in [-0.05, 0) is 25.1 Å². The van der Waals surface area contributed by atoms with Gasteiger partial charge >= 0.3 is 5.69 Å². The molecule has 0 spiro atoms. The van der Waals surface area contributed by atoms with Gasteiger partial charge in [-0.15, -0.1) is 0 Å². The van der Waals surface area contributed by atoms with Crippen LogP contribution in [0.2, 0.25) is 5.02 Å². The molecule has 0 amide bonds. The molecule has 0 aliphatic heterocycles. The predicted octanol–water partition coefficient (Wildman–Crippen LogP) is 0.236. The molecule has 0 atom stereocenters. The quantitative estimate of drug-likeness (QED) is 0.848. The fourth-order valence-corrected chi connectivity index (χ4v) is 2.22. The Morgan fingerprint density at radius 2 is 2.05 bits per heavy atom. The van der Waals surface area contributed by atoms with Crippen LogP contribution in [-0.2, 0) is 10.0 Å². The van der Waals surface area contributed by atoms with Crippen molar-refractivity contribution in [3.8, 4) is 0 Å². The van der Waals surface area contributed by atoms with Crippen molar-refractivity contribution in [2.24, 2.45) is 0 Å². The maximum atomic E-state index is 12.0. The molecule has 1 aromatic heterocycles. The summed E-state index contributed by atoms with van der Waals surface area (Å²) in [6, 6.07) is 4.30. The highest BCUT2D eigenvalue weighted by Crippen LogP contribution is 2.13. The van der Waals surface area contributed by atoms with E-state index in [0.29, 0.717) is 9.70 Å². The maximum Gasteiger partial charge on any atom is 0.348 e. The molecule has 1 aromatic carbocycles. The predicted molar refractivity (Wildman–Crippen MR) is 72.7 cm³/mol. The molecule has 7 nitrogen and oxygen atoms in total. The zero-order chi connectivity index (χ0) is 14.2. The van der Waals surface area contributed by atoms with Gasteiger partial charge in [-0.2, -0.15) is 4.68 Å². The van der Waals surface area contributed by atoms with E-state index in [1.165, 1.54) is 25.1 Å². The molecule has 0 aliphatic rings. The highest BCUT2D eigenvalue weighted by molar-refractivity contribution is 7.92. The SMILES string of the molecule is CCS(=O)(=O)Nn1c(=O)[nH]c2cc(Cl)ccc2c1=O. The number of nitrogens with zero attached hydrogens (tertiary/aromatic N) is 1. The van der Waals surface area contributed by atoms with E-state index < -0.39 is 21.3 Å². The minimum atomic E-state index is -3.73. The molecule has 1 heterocycles. The third kappa shape index (κ3) is 2.64. The normalized spacial score (nSPS) is 11.7. The van der Waals surface area contributed by atoms with Crippen LogP contribution in [0.4, 0.5) is 0 Å². The summed E-state index contributed by atoms with van der Waals surface area (Å²) in [4.78, 5) is 28.0. The van der Waals surface area contributed by atoms with E-state index in [2.05, 4.69) is 4.98 Å². The van der Waals surface area contributed by atoms with Gasteiger partial charge in [-0.1, -0.05) is 11.6 Å². The van der Waals surface area contributed by atoms with Gasteiger partial charge in [0.25, 0.3) is 5.56 Å². The van der Waals surface area contributed by atoms with Crippen molar-refractivity contribution in [3.05, 3.63) is 44.1 Å². The van der Waals surface area contributed by atoms with Crippen LogP contribution in [0, 0.1) is 0 Å². The molecule has 0 aliphatic carbocycles. The van der Waals surface area contributed by atoms with Crippen molar-refractivity contribution in [3.63, 3.8) is 0 Å². The molecular weight excluding hydrogens is 294 g/mol. The van der Waals surface area contributed by atoms with Gasteiger partial charge in [0, 0.05) is 5.02 Å². The minimum absolute atomic E-state index is 0.155. The van der Waals surface area contributed by atoms with Crippen LogP contribution in [0.3, 0.4) is 0 Å². The first-order chi connectivity index (χ1) is 8.84. The number of fused-ring (bicyclic) bond motifs is 1. The van der Waals surface area contributed by atoms with Crippen molar-refractivity contribution >= 4 is 32.5 Å². The first kappa shape index (κ1) is 13.6. The molecule has 0 saturated heterocycles. The molecule has 2 N–H and O–H groups in total. The fourth-order valence-electron chi connectivity index (χ4n) is 1.48. The summed E-state index contributed by atoms with van der Waals surface area (Å²) >= 11 is 5.75. The first-order valence-electron chi connectivity index (χ1n) is 5.29. The van der Waals surface area contributed by atoms with Crippen LogP contribution in [0.5, 0.6) is 0 Å². The smallest absolute Gasteiger partial charge is 0.305 e. The Kier molecular flexibility index (Phi) is 3.38. The Bertz CT molecular complexity index is 853. The van der Waals surface area contributed by atoms with Crippen molar-refractivity contribution in [1.29, 1.82) is 0 Å². The molecule has 0 saturated carbocycles. The fraction of sp³-hybridized carbons (Fsp3) is 0.200. The Hall–Kier alpha value is -1.80. The van der Waals surface area contributed by atoms with Crippen LogP contribution < -0.4 is 16.1 Å². The molecule has 0 radical (unpaired) electrons. The molecular formula is C10H10ClN3O4S. The summed E-state index contributed by atoms with van der Waals surface area (Å²) in [5.41, 5.74) is -1.39. The van der Waals surface area contributed by atoms with Crippen LogP contribution in [-0.4, -0.2) is 23.8 Å². The Labute approximate surface area is 112 Å². The Morgan fingerprint density at radius 1 is 1.37 bits per heavy atom. The van der Waals surface area contributed by atoms with Crippen molar-refractivity contribution in [1.82, 2.24) is 9.66 Å². The third-order valence-corrected chi connectivity index (χ3v) is 3.93. The number of sulfonamides is 1. The van der Waals surface area contributed by atoms with E-state index in [4.69, 9.17) is 11.6 Å². The zero-order valence-corrected chi connectivity index (χ0v) is 11.4. The van der Waals surface area contributed by atoms with E-state index >= 15 is 0 Å². The molecule has 9 heteroatoms. The summed E-state index contributed by atoms with van der Waals surface area (Å²) in [7, 11) is -3.73. The largest absolute Gasteiger partial charge is 0.348 e. The Morgan fingerprint density at radius 3 is 2.68 bits per heavy atom. The van der Waals surface area contributed by atoms with Crippen LogP contribution in [0.15, 0.2) is 27.8 Å². The van der Waals surface area contributed by atoms with E-state index in [1.54, 1.807) is 0 Å². The van der Waals surface area contributed by atoms with E-state index in [1.807, 2.05) is 4.83 Å². The summed E-state index contributed by atoms with van der Waals surface area (Å²) in [6.45, 7) is 1.39. The van der Waals surface area contributed by atoms with Gasteiger partial charge in [-0.3, -0.25) is 4.79 Å². The van der Waals surface area contributed by atoms with Crippen LogP contribution >= 0.6 is 11.6 Å². The van der Waals surface area contributed by atoms with Gasteiger partial charge in [0.2, 0.25) is 10.0 Å². The lowest BCUT2D eigenvalue weighted by Gasteiger charge is -2.08. The Balaban J connectivity index is 2.74. The second kappa shape index (κ2) is 4.71. The monoisotopic (exact) mass is 303 g/mol. The van der Waals surface area contributed by atoms with Crippen molar-refractivity contribution in [2.45, 2.75) is 6.92 Å². The first-order valence-corrected chi connectivity index (χ1v) is 7.32. The molecule has 102 valence electrons. The third-order valence-electron chi connectivity index (χ3n) is 2.47. The lowest BCUT2D eigenvalue weighted by atomic mass is 10.2. The summed E-state index contributed by atoms with van der Waals surface area (Å²) in [5.74, 6) is -0.252. The second-order valence-electron chi connectivity index (χ2n) is 3.76. The van der Waals surface area contributed by atoms with E-state index in [9.17, 15) is 18.0 Å². The summed E-state index contributed by atoms with van der Waals surface area (Å²) in [5, 5.41) is 0.511. The van der Waals surface area contributed by atoms with Gasteiger partial charge in [0.15, 0.2) is 0 Å². The topological polar surface area (TPSA) is 101 Å². The van der Waals surface area contributed by atoms with Gasteiger partial charge in [0.1, 0.15) is 0 Å². The van der Waals surface area contributed by atoms with Crippen LogP contribution in [0.25, 0.3) is 10.9 Å². The van der Waals surface area contributed by atoms with Gasteiger partial charge < -0.3 is 4.98 Å². The molecule has 19 heavy (non-hydrogen) atoms. The number of halogens is 1. The number of nitrogens with one attached hydrogen (secondary N) is 2. The van der Waals surface area contributed by atoms with Crippen molar-refractivity contribution < 1.29 is 8.42 Å². The lowest BCUT2D eigenvalue weighted by Crippen LogP contribution is -2.43. The standard InChI is InChI=1S/C10H10ClN3O4S/c1-2-19(17,18)13-14-9(15)7-4-3-6(11)5-8(7)12-10(14)16/h3-5,13H,2H2,1H3,(H,12,16). The number of hydrogen-bond donors (Lipinski definition) is 2. The van der Waals surface area contributed by atoms with E-state index in [-0.39, 0.29) is 16.7 Å². The number of aromatic nitrogens is 2. The zero-order valence-electron chi connectivity index (χ0n) is 9.81. The average Bonchev–Trinajstić information content (AvgIpc) is 2.34.